The number of halogens is 1. The van der Waals surface area contributed by atoms with Crippen LogP contribution in [0.1, 0.15) is 5.56 Å². The van der Waals surface area contributed by atoms with Crippen LogP contribution < -0.4 is 10.0 Å². The second-order valence-electron chi connectivity index (χ2n) is 5.27. The first-order valence-corrected chi connectivity index (χ1v) is 10.1. The predicted molar refractivity (Wildman–Crippen MR) is 106 cm³/mol. The molecule has 9 heteroatoms. The Bertz CT molecular complexity index is 930. The van der Waals surface area contributed by atoms with E-state index in [-0.39, 0.29) is 0 Å². The van der Waals surface area contributed by atoms with E-state index in [1.54, 1.807) is 48.5 Å². The highest BCUT2D eigenvalue weighted by molar-refractivity contribution is 9.10. The molecule has 0 atom stereocenters. The van der Waals surface area contributed by atoms with E-state index in [4.69, 9.17) is 4.74 Å². The molecule has 2 rings (SSSR count). The zero-order valence-electron chi connectivity index (χ0n) is 14.1. The van der Waals surface area contributed by atoms with Crippen LogP contribution in [0.2, 0.25) is 0 Å². The molecule has 142 valence electrons. The van der Waals surface area contributed by atoms with Gasteiger partial charge in [-0.2, -0.15) is 0 Å². The van der Waals surface area contributed by atoms with Crippen LogP contribution in [-0.2, 0) is 24.3 Å². The number of nitrogens with one attached hydrogen (secondary N) is 2. The monoisotopic (exact) mass is 452 g/mol. The Morgan fingerprint density at radius 2 is 1.70 bits per heavy atom. The maximum absolute atomic E-state index is 11.8. The molecule has 2 aromatic rings. The second-order valence-corrected chi connectivity index (χ2v) is 7.77. The minimum absolute atomic E-state index is 0.526. The van der Waals surface area contributed by atoms with Gasteiger partial charge in [-0.3, -0.25) is 9.59 Å². The van der Waals surface area contributed by atoms with Crippen LogP contribution in [0.4, 0.5) is 5.69 Å². The normalized spacial score (nSPS) is 11.3. The average Bonchev–Trinajstić information content (AvgIpc) is 2.66. The molecule has 0 saturated carbocycles. The second kappa shape index (κ2) is 10.0. The van der Waals surface area contributed by atoms with Crippen LogP contribution in [0.5, 0.6) is 0 Å². The number of sulfonamides is 1. The Balaban J connectivity index is 1.76. The molecule has 0 aliphatic carbocycles. The van der Waals surface area contributed by atoms with Gasteiger partial charge in [0.25, 0.3) is 5.91 Å². The maximum atomic E-state index is 11.8. The van der Waals surface area contributed by atoms with Crippen LogP contribution in [0.3, 0.4) is 0 Å². The molecule has 0 saturated heterocycles. The summed E-state index contributed by atoms with van der Waals surface area (Å²) < 4.78 is 31.2. The summed E-state index contributed by atoms with van der Waals surface area (Å²) in [6.45, 7) is -1.11. The fourth-order valence-corrected chi connectivity index (χ4v) is 3.02. The van der Waals surface area contributed by atoms with E-state index >= 15 is 0 Å². The Morgan fingerprint density at radius 3 is 2.41 bits per heavy atom. The molecule has 0 unspecified atom stereocenters. The molecule has 27 heavy (non-hydrogen) atoms. The molecule has 0 spiro atoms. The summed E-state index contributed by atoms with van der Waals surface area (Å²) >= 11 is 3.28. The van der Waals surface area contributed by atoms with Crippen LogP contribution in [0, 0.1) is 0 Å². The number of ether oxygens (including phenoxy) is 1. The van der Waals surface area contributed by atoms with Crippen molar-refractivity contribution in [3.8, 4) is 0 Å². The molecule has 0 aromatic heterocycles. The van der Waals surface area contributed by atoms with Crippen molar-refractivity contribution in [3.63, 3.8) is 0 Å². The van der Waals surface area contributed by atoms with Crippen LogP contribution >= 0.6 is 15.9 Å². The fraction of sp³-hybridized carbons (Fsp3) is 0.111. The molecule has 0 aliphatic rings. The highest BCUT2D eigenvalue weighted by Crippen LogP contribution is 2.20. The summed E-state index contributed by atoms with van der Waals surface area (Å²) in [6, 6.07) is 15.8. The molecule has 0 fully saturated rings. The lowest BCUT2D eigenvalue weighted by Gasteiger charge is -2.08. The van der Waals surface area contributed by atoms with Crippen molar-refractivity contribution < 1.29 is 22.7 Å². The highest BCUT2D eigenvalue weighted by Gasteiger charge is 2.12. The van der Waals surface area contributed by atoms with E-state index in [0.717, 1.165) is 5.41 Å². The van der Waals surface area contributed by atoms with Gasteiger partial charge in [-0.25, -0.2) is 13.1 Å². The lowest BCUT2D eigenvalue weighted by molar-refractivity contribution is -0.146. The van der Waals surface area contributed by atoms with Gasteiger partial charge in [0.1, 0.15) is 6.54 Å². The first-order valence-electron chi connectivity index (χ1n) is 7.78. The summed E-state index contributed by atoms with van der Waals surface area (Å²) in [6.07, 6.45) is 1.40. The zero-order valence-corrected chi connectivity index (χ0v) is 16.5. The highest BCUT2D eigenvalue weighted by atomic mass is 79.9. The largest absolute Gasteiger partial charge is 0.455 e. The molecule has 7 nitrogen and oxygen atoms in total. The van der Waals surface area contributed by atoms with Crippen molar-refractivity contribution in [3.05, 3.63) is 70.0 Å². The third-order valence-electron chi connectivity index (χ3n) is 3.17. The van der Waals surface area contributed by atoms with E-state index in [9.17, 15) is 18.0 Å². The number of para-hydroxylation sites is 1. The summed E-state index contributed by atoms with van der Waals surface area (Å²) in [5.74, 6) is -1.41. The summed E-state index contributed by atoms with van der Waals surface area (Å²) in [5, 5.41) is 3.52. The number of carbonyl (C=O) groups is 2. The van der Waals surface area contributed by atoms with Gasteiger partial charge < -0.3 is 10.1 Å². The van der Waals surface area contributed by atoms with Gasteiger partial charge in [-0.15, -0.1) is 0 Å². The van der Waals surface area contributed by atoms with Gasteiger partial charge in [0.2, 0.25) is 10.0 Å². The third kappa shape index (κ3) is 7.73. The molecule has 2 N–H and O–H groups in total. The molecule has 1 amide bonds. The van der Waals surface area contributed by atoms with Gasteiger partial charge >= 0.3 is 5.97 Å². The number of carbonyl (C=O) groups excluding carboxylic acids is 2. The molecular weight excluding hydrogens is 436 g/mol. The van der Waals surface area contributed by atoms with Crippen molar-refractivity contribution in [2.24, 2.45) is 0 Å². The van der Waals surface area contributed by atoms with E-state index in [1.165, 1.54) is 6.08 Å². The molecule has 0 heterocycles. The van der Waals surface area contributed by atoms with Crippen LogP contribution in [-0.4, -0.2) is 33.4 Å². The van der Waals surface area contributed by atoms with Crippen molar-refractivity contribution in [1.82, 2.24) is 4.72 Å². The number of esters is 1. The lowest BCUT2D eigenvalue weighted by Crippen LogP contribution is -2.31. The predicted octanol–water partition coefficient (Wildman–Crippen LogP) is 2.52. The van der Waals surface area contributed by atoms with Gasteiger partial charge in [0, 0.05) is 9.88 Å². The van der Waals surface area contributed by atoms with E-state index < -0.39 is 35.1 Å². The SMILES string of the molecule is O=C(COC(=O)CNS(=O)(=O)/C=C/c1ccccc1)Nc1ccccc1Br. The molecule has 2 aromatic carbocycles. The zero-order chi connectivity index (χ0) is 19.7. The van der Waals surface area contributed by atoms with E-state index in [2.05, 4.69) is 26.0 Å². The van der Waals surface area contributed by atoms with E-state index in [1.807, 2.05) is 6.07 Å². The maximum Gasteiger partial charge on any atom is 0.321 e. The smallest absolute Gasteiger partial charge is 0.321 e. The third-order valence-corrected chi connectivity index (χ3v) is 4.90. The molecule has 0 radical (unpaired) electrons. The number of amides is 1. The number of benzene rings is 2. The number of hydrogen-bond donors (Lipinski definition) is 2. The summed E-state index contributed by atoms with van der Waals surface area (Å²) in [7, 11) is -3.81. The first kappa shape index (κ1) is 20.8. The minimum Gasteiger partial charge on any atom is -0.455 e. The number of rotatable bonds is 8. The topological polar surface area (TPSA) is 102 Å². The Kier molecular flexibility index (Phi) is 7.71. The molecular formula is C18H17BrN2O5S. The Morgan fingerprint density at radius 1 is 1.04 bits per heavy atom. The Hall–Kier alpha value is -2.49. The van der Waals surface area contributed by atoms with Crippen molar-refractivity contribution in [2.45, 2.75) is 0 Å². The van der Waals surface area contributed by atoms with Gasteiger partial charge in [0.05, 0.1) is 5.69 Å². The fourth-order valence-electron chi connectivity index (χ4n) is 1.89. The Labute approximate surface area is 165 Å². The minimum atomic E-state index is -3.81. The van der Waals surface area contributed by atoms with Crippen LogP contribution in [0.25, 0.3) is 6.08 Å². The summed E-state index contributed by atoms with van der Waals surface area (Å²) in [5.41, 5.74) is 1.24. The van der Waals surface area contributed by atoms with Crippen LogP contribution in [0.15, 0.2) is 64.5 Å². The number of anilines is 1. The quantitative estimate of drug-likeness (QED) is 0.599. The number of hydrogen-bond acceptors (Lipinski definition) is 5. The standard InChI is InChI=1S/C18H17BrN2O5S/c19-15-8-4-5-9-16(15)21-17(22)13-26-18(23)12-20-27(24,25)11-10-14-6-2-1-3-7-14/h1-11,20H,12-13H2,(H,21,22)/b11-10+. The van der Waals surface area contributed by atoms with Crippen molar-refractivity contribution in [1.29, 1.82) is 0 Å². The average molecular weight is 453 g/mol. The summed E-state index contributed by atoms with van der Waals surface area (Å²) in [4.78, 5) is 23.4. The van der Waals surface area contributed by atoms with Gasteiger partial charge in [-0.05, 0) is 39.7 Å². The van der Waals surface area contributed by atoms with E-state index in [0.29, 0.717) is 15.7 Å². The van der Waals surface area contributed by atoms with Gasteiger partial charge in [0.15, 0.2) is 6.61 Å². The molecule has 0 bridgehead atoms. The first-order chi connectivity index (χ1) is 12.9. The van der Waals surface area contributed by atoms with Gasteiger partial charge in [-0.1, -0.05) is 42.5 Å². The lowest BCUT2D eigenvalue weighted by atomic mass is 10.2. The molecule has 0 aliphatic heterocycles. The van der Waals surface area contributed by atoms with Crippen molar-refractivity contribution >= 4 is 49.6 Å². The van der Waals surface area contributed by atoms with Crippen molar-refractivity contribution in [2.75, 3.05) is 18.5 Å².